The zero-order valence-corrected chi connectivity index (χ0v) is 36.8. The largest absolute Gasteiger partial charge is 0.458 e. The number of ether oxygens (including phenoxy) is 1. The van der Waals surface area contributed by atoms with Crippen LogP contribution in [-0.2, 0) is 18.4 Å². The molecule has 300 valence electrons. The molecule has 0 unspecified atom stereocenters. The Morgan fingerprint density at radius 2 is 0.983 bits per heavy atom. The van der Waals surface area contributed by atoms with Crippen LogP contribution >= 0.6 is 0 Å². The third-order valence-corrected chi connectivity index (χ3v) is 22.6. The van der Waals surface area contributed by atoms with Gasteiger partial charge in [0.05, 0.1) is 11.5 Å². The number of rotatable bonds is 12. The van der Waals surface area contributed by atoms with Gasteiger partial charge in [-0.05, 0) is 73.7 Å². The van der Waals surface area contributed by atoms with E-state index in [-0.39, 0.29) is 33.6 Å². The Morgan fingerprint density at radius 3 is 1.40 bits per heavy atom. The average Bonchev–Trinajstić information content (AvgIpc) is 3.23. The molecule has 5 aromatic carbocycles. The monoisotopic (exact) mass is 806 g/mol. The van der Waals surface area contributed by atoms with Gasteiger partial charge in [-0.15, -0.1) is 0 Å². The highest BCUT2D eigenvalue weighted by atomic mass is 28.4. The molecule has 2 aliphatic carbocycles. The number of benzene rings is 5. The average molecular weight is 807 g/mol. The highest BCUT2D eigenvalue weighted by molar-refractivity contribution is 7.00. The lowest BCUT2D eigenvalue weighted by Gasteiger charge is -2.50. The topological polar surface area (TPSA) is 61.8 Å². The van der Waals surface area contributed by atoms with Crippen molar-refractivity contribution in [3.8, 4) is 0 Å². The molecular weight excluding hydrogens is 749 g/mol. The van der Waals surface area contributed by atoms with Gasteiger partial charge in [-0.25, -0.2) is 4.79 Å². The zero-order valence-electron chi connectivity index (χ0n) is 34.8. The van der Waals surface area contributed by atoms with Gasteiger partial charge in [0.15, 0.2) is 5.78 Å². The van der Waals surface area contributed by atoms with Gasteiger partial charge in [-0.1, -0.05) is 187 Å². The van der Waals surface area contributed by atoms with Gasteiger partial charge >= 0.3 is 5.97 Å². The fourth-order valence-electron chi connectivity index (χ4n) is 9.95. The van der Waals surface area contributed by atoms with E-state index in [9.17, 15) is 9.59 Å². The maximum atomic E-state index is 14.2. The number of esters is 1. The molecule has 0 saturated heterocycles. The standard InChI is InChI=1S/C51H58O5Si2/c1-50(2,3)57(41-26-14-8-15-27-41,42-28-16-9-17-29-42)54-36-40-35-39-25-22-34-46(52)47(39)48(56-49(53)38-23-12-7-13-24-38)45(40)37-55-58(51(4,5)6,43-30-18-10-19-31-43)44-32-20-11-21-33-44/h7-24,26-34,39-40,45,47-48H,25,35-37H2,1-6H3/t39-,40+,45+,47+,48+/m0/s1. The van der Waals surface area contributed by atoms with E-state index in [0.29, 0.717) is 18.8 Å². The Balaban J connectivity index is 1.36. The van der Waals surface area contributed by atoms with Crippen molar-refractivity contribution in [3.63, 3.8) is 0 Å². The second kappa shape index (κ2) is 17.3. The lowest BCUT2D eigenvalue weighted by atomic mass is 9.63. The summed E-state index contributed by atoms with van der Waals surface area (Å²) in [5, 5.41) is 4.29. The summed E-state index contributed by atoms with van der Waals surface area (Å²) in [4.78, 5) is 28.3. The first-order valence-electron chi connectivity index (χ1n) is 20.8. The highest BCUT2D eigenvalue weighted by Crippen LogP contribution is 2.47. The minimum absolute atomic E-state index is 0.00272. The Bertz CT molecular complexity index is 2070. The van der Waals surface area contributed by atoms with Crippen LogP contribution in [0.2, 0.25) is 10.1 Å². The molecule has 58 heavy (non-hydrogen) atoms. The second-order valence-corrected chi connectivity index (χ2v) is 26.8. The van der Waals surface area contributed by atoms with Crippen molar-refractivity contribution in [2.75, 3.05) is 13.2 Å². The molecule has 2 aliphatic rings. The number of carbonyl (C=O) groups excluding carboxylic acids is 2. The van der Waals surface area contributed by atoms with Crippen LogP contribution in [0.15, 0.2) is 164 Å². The summed E-state index contributed by atoms with van der Waals surface area (Å²) in [7, 11) is -5.97. The predicted octanol–water partition coefficient (Wildman–Crippen LogP) is 8.76. The summed E-state index contributed by atoms with van der Waals surface area (Å²) in [6.07, 6.45) is 4.48. The van der Waals surface area contributed by atoms with E-state index >= 15 is 0 Å². The van der Waals surface area contributed by atoms with Gasteiger partial charge in [0.2, 0.25) is 0 Å². The molecule has 0 spiro atoms. The summed E-state index contributed by atoms with van der Waals surface area (Å²) in [5.74, 6) is -1.28. The summed E-state index contributed by atoms with van der Waals surface area (Å²) in [5.41, 5.74) is 0.468. The molecule has 0 bridgehead atoms. The molecule has 0 aliphatic heterocycles. The Morgan fingerprint density at radius 1 is 0.586 bits per heavy atom. The van der Waals surface area contributed by atoms with E-state index in [1.54, 1.807) is 18.2 Å². The predicted molar refractivity (Wildman–Crippen MR) is 240 cm³/mol. The number of hydrogen-bond acceptors (Lipinski definition) is 5. The highest BCUT2D eigenvalue weighted by Gasteiger charge is 2.56. The van der Waals surface area contributed by atoms with E-state index in [2.05, 4.69) is 163 Å². The SMILES string of the molecule is CC(C)(C)[Si](OC[C@H]1C[C@@H]2CC=CC(=O)[C@@H]2[C@H](OC(=O)c2ccccc2)[C@@H]1CO[Si](c1ccccc1)(c1ccccc1)C(C)(C)C)(c1ccccc1)c1ccccc1. The molecule has 1 saturated carbocycles. The number of allylic oxidation sites excluding steroid dienone is 2. The maximum absolute atomic E-state index is 14.2. The normalized spacial score (nSPS) is 21.3. The number of carbonyl (C=O) groups is 2. The number of hydrogen-bond donors (Lipinski definition) is 0. The van der Waals surface area contributed by atoms with Gasteiger partial charge in [0.1, 0.15) is 6.10 Å². The fraction of sp³-hybridized carbons (Fsp3) is 0.333. The van der Waals surface area contributed by atoms with Gasteiger partial charge in [0.25, 0.3) is 16.6 Å². The van der Waals surface area contributed by atoms with Crippen molar-refractivity contribution in [1.29, 1.82) is 0 Å². The molecule has 0 heterocycles. The van der Waals surface area contributed by atoms with E-state index in [1.165, 1.54) is 20.7 Å². The Hall–Kier alpha value is -4.67. The number of fused-ring (bicyclic) bond motifs is 1. The molecule has 1 fully saturated rings. The quantitative estimate of drug-likeness (QED) is 0.0933. The molecule has 7 rings (SSSR count). The van der Waals surface area contributed by atoms with Crippen molar-refractivity contribution >= 4 is 49.1 Å². The van der Waals surface area contributed by atoms with Crippen LogP contribution < -0.4 is 20.7 Å². The van der Waals surface area contributed by atoms with E-state index in [1.807, 2.05) is 24.3 Å². The molecule has 5 nitrogen and oxygen atoms in total. The van der Waals surface area contributed by atoms with Crippen molar-refractivity contribution in [2.24, 2.45) is 23.7 Å². The molecule has 5 atom stereocenters. The smallest absolute Gasteiger partial charge is 0.338 e. The van der Waals surface area contributed by atoms with Gasteiger partial charge in [-0.2, -0.15) is 0 Å². The van der Waals surface area contributed by atoms with Gasteiger partial charge < -0.3 is 13.6 Å². The van der Waals surface area contributed by atoms with E-state index < -0.39 is 34.6 Å². The second-order valence-electron chi connectivity index (χ2n) is 18.2. The van der Waals surface area contributed by atoms with Crippen LogP contribution in [0, 0.1) is 23.7 Å². The Kier molecular flexibility index (Phi) is 12.4. The third-order valence-electron chi connectivity index (χ3n) is 12.6. The van der Waals surface area contributed by atoms with Crippen LogP contribution in [0.1, 0.15) is 64.7 Å². The summed E-state index contributed by atoms with van der Waals surface area (Å²) in [6, 6.07) is 51.9. The van der Waals surface area contributed by atoms with Crippen molar-refractivity contribution in [2.45, 2.75) is 70.6 Å². The van der Waals surface area contributed by atoms with Crippen molar-refractivity contribution in [1.82, 2.24) is 0 Å². The van der Waals surface area contributed by atoms with Crippen LogP contribution in [0.25, 0.3) is 0 Å². The summed E-state index contributed by atoms with van der Waals surface area (Å²) in [6.45, 7) is 14.5. The first kappa shape index (κ1) is 41.5. The van der Waals surface area contributed by atoms with Crippen molar-refractivity contribution < 1.29 is 23.2 Å². The first-order chi connectivity index (χ1) is 27.9. The molecule has 0 N–H and O–H groups in total. The van der Waals surface area contributed by atoms with Gasteiger partial charge in [0, 0.05) is 19.1 Å². The van der Waals surface area contributed by atoms with Crippen LogP contribution in [0.5, 0.6) is 0 Å². The van der Waals surface area contributed by atoms with Crippen LogP contribution in [0.4, 0.5) is 0 Å². The van der Waals surface area contributed by atoms with E-state index in [4.69, 9.17) is 13.6 Å². The lowest BCUT2D eigenvalue weighted by molar-refractivity contribution is -0.136. The maximum Gasteiger partial charge on any atom is 0.338 e. The van der Waals surface area contributed by atoms with Crippen molar-refractivity contribution in [3.05, 3.63) is 169 Å². The minimum Gasteiger partial charge on any atom is -0.458 e. The molecule has 0 radical (unpaired) electrons. The van der Waals surface area contributed by atoms with Crippen LogP contribution in [-0.4, -0.2) is 47.7 Å². The lowest BCUT2D eigenvalue weighted by Crippen LogP contribution is -2.68. The van der Waals surface area contributed by atoms with Crippen LogP contribution in [0.3, 0.4) is 0 Å². The minimum atomic E-state index is -3.02. The zero-order chi connectivity index (χ0) is 41.0. The molecule has 5 aromatic rings. The molecular formula is C51H58O5Si2. The first-order valence-corrected chi connectivity index (χ1v) is 24.6. The number of ketones is 1. The fourth-order valence-corrected chi connectivity index (χ4v) is 19.2. The molecule has 0 aromatic heterocycles. The molecule has 7 heteroatoms. The summed E-state index contributed by atoms with van der Waals surface area (Å²) >= 11 is 0. The summed E-state index contributed by atoms with van der Waals surface area (Å²) < 4.78 is 22.1. The third kappa shape index (κ3) is 8.02. The molecule has 0 amide bonds. The Labute approximate surface area is 347 Å². The van der Waals surface area contributed by atoms with Gasteiger partial charge in [-0.3, -0.25) is 4.79 Å². The van der Waals surface area contributed by atoms with E-state index in [0.717, 1.165) is 12.8 Å².